The molecule has 0 bridgehead atoms. The highest BCUT2D eigenvalue weighted by molar-refractivity contribution is 6.21. The second-order valence-electron chi connectivity index (χ2n) is 5.00. The molecule has 110 valence electrons. The molecule has 0 aromatic heterocycles. The Bertz CT molecular complexity index is 547. The maximum atomic E-state index is 13.6. The number of hydrogen-bond acceptors (Lipinski definition) is 2. The van der Waals surface area contributed by atoms with E-state index >= 15 is 0 Å². The SMILES string of the molecule is CN(CC1CC(Cl)C1)C(=O)c1cc(F)c(F)c(O)c1F. The normalized spacial score (nSPS) is 21.4. The topological polar surface area (TPSA) is 40.5 Å². The molecule has 1 fully saturated rings. The van der Waals surface area contributed by atoms with Gasteiger partial charge in [-0.2, -0.15) is 4.39 Å². The zero-order valence-corrected chi connectivity index (χ0v) is 11.4. The van der Waals surface area contributed by atoms with Crippen molar-refractivity contribution < 1.29 is 23.1 Å². The van der Waals surface area contributed by atoms with Crippen LogP contribution in [0, 0.1) is 23.4 Å². The first-order valence-electron chi connectivity index (χ1n) is 6.07. The number of hydrogen-bond donors (Lipinski definition) is 1. The van der Waals surface area contributed by atoms with Crippen LogP contribution in [-0.2, 0) is 0 Å². The number of phenolic OH excluding ortho intramolecular Hbond substituents is 1. The zero-order chi connectivity index (χ0) is 15.0. The number of benzene rings is 1. The highest BCUT2D eigenvalue weighted by Crippen LogP contribution is 2.33. The Morgan fingerprint density at radius 1 is 1.40 bits per heavy atom. The first-order chi connectivity index (χ1) is 9.31. The van der Waals surface area contributed by atoms with Crippen molar-refractivity contribution in [1.82, 2.24) is 4.90 Å². The van der Waals surface area contributed by atoms with E-state index < -0.39 is 34.7 Å². The van der Waals surface area contributed by atoms with Crippen molar-refractivity contribution in [3.63, 3.8) is 0 Å². The van der Waals surface area contributed by atoms with Gasteiger partial charge in [0.2, 0.25) is 5.82 Å². The summed E-state index contributed by atoms with van der Waals surface area (Å²) in [7, 11) is 1.43. The first-order valence-corrected chi connectivity index (χ1v) is 6.50. The maximum absolute atomic E-state index is 13.6. The van der Waals surface area contributed by atoms with Gasteiger partial charge < -0.3 is 10.0 Å². The van der Waals surface area contributed by atoms with Crippen LogP contribution in [-0.4, -0.2) is 34.9 Å². The molecule has 1 amide bonds. The van der Waals surface area contributed by atoms with Crippen LogP contribution < -0.4 is 0 Å². The van der Waals surface area contributed by atoms with Crippen LogP contribution in [0.5, 0.6) is 5.75 Å². The molecule has 0 atom stereocenters. The van der Waals surface area contributed by atoms with Gasteiger partial charge in [0.15, 0.2) is 17.4 Å². The van der Waals surface area contributed by atoms with Crippen LogP contribution in [0.3, 0.4) is 0 Å². The van der Waals surface area contributed by atoms with Crippen LogP contribution in [0.2, 0.25) is 0 Å². The van der Waals surface area contributed by atoms with E-state index in [4.69, 9.17) is 16.7 Å². The van der Waals surface area contributed by atoms with Crippen LogP contribution in [0.25, 0.3) is 0 Å². The van der Waals surface area contributed by atoms with Gasteiger partial charge in [-0.25, -0.2) is 8.78 Å². The molecule has 7 heteroatoms. The lowest BCUT2D eigenvalue weighted by molar-refractivity contribution is 0.0740. The minimum atomic E-state index is -1.70. The van der Waals surface area contributed by atoms with E-state index in [1.165, 1.54) is 11.9 Å². The number of nitrogens with zero attached hydrogens (tertiary/aromatic N) is 1. The molecule has 1 aliphatic rings. The fourth-order valence-electron chi connectivity index (χ4n) is 2.23. The van der Waals surface area contributed by atoms with Crippen LogP contribution >= 0.6 is 11.6 Å². The molecular weight excluding hydrogens is 295 g/mol. The van der Waals surface area contributed by atoms with E-state index in [9.17, 15) is 18.0 Å². The Morgan fingerprint density at radius 2 is 2.00 bits per heavy atom. The third-order valence-electron chi connectivity index (χ3n) is 3.42. The van der Waals surface area contributed by atoms with Crippen molar-refractivity contribution in [2.75, 3.05) is 13.6 Å². The molecule has 20 heavy (non-hydrogen) atoms. The number of rotatable bonds is 3. The summed E-state index contributed by atoms with van der Waals surface area (Å²) in [6.45, 7) is 0.348. The molecule has 0 unspecified atom stereocenters. The number of carbonyl (C=O) groups excluding carboxylic acids is 1. The van der Waals surface area contributed by atoms with E-state index in [1.54, 1.807) is 0 Å². The summed E-state index contributed by atoms with van der Waals surface area (Å²) in [6.07, 6.45) is 1.51. The molecule has 1 N–H and O–H groups in total. The first kappa shape index (κ1) is 15.0. The van der Waals surface area contributed by atoms with Gasteiger partial charge in [0.05, 0.1) is 5.56 Å². The van der Waals surface area contributed by atoms with Gasteiger partial charge in [0, 0.05) is 19.0 Å². The van der Waals surface area contributed by atoms with Crippen molar-refractivity contribution >= 4 is 17.5 Å². The number of carbonyl (C=O) groups is 1. The lowest BCUT2D eigenvalue weighted by Gasteiger charge is -2.34. The van der Waals surface area contributed by atoms with E-state index in [-0.39, 0.29) is 11.3 Å². The Labute approximate surface area is 118 Å². The fraction of sp³-hybridized carbons (Fsp3) is 0.462. The largest absolute Gasteiger partial charge is 0.503 e. The maximum Gasteiger partial charge on any atom is 0.256 e. The van der Waals surface area contributed by atoms with Crippen LogP contribution in [0.1, 0.15) is 23.2 Å². The summed E-state index contributed by atoms with van der Waals surface area (Å²) < 4.78 is 39.7. The molecular formula is C13H13ClF3NO2. The van der Waals surface area contributed by atoms with Gasteiger partial charge in [-0.15, -0.1) is 11.6 Å². The van der Waals surface area contributed by atoms with Crippen LogP contribution in [0.4, 0.5) is 13.2 Å². The molecule has 0 spiro atoms. The van der Waals surface area contributed by atoms with Crippen molar-refractivity contribution in [3.05, 3.63) is 29.1 Å². The number of amides is 1. The predicted octanol–water partition coefficient (Wildman–Crippen LogP) is 2.90. The Kier molecular flexibility index (Phi) is 4.13. The zero-order valence-electron chi connectivity index (χ0n) is 10.7. The van der Waals surface area contributed by atoms with Gasteiger partial charge in [0.1, 0.15) is 0 Å². The van der Waals surface area contributed by atoms with Gasteiger partial charge in [-0.1, -0.05) is 0 Å². The summed E-state index contributed by atoms with van der Waals surface area (Å²) in [6, 6.07) is 0.453. The lowest BCUT2D eigenvalue weighted by Crippen LogP contribution is -2.38. The summed E-state index contributed by atoms with van der Waals surface area (Å²) >= 11 is 5.82. The summed E-state index contributed by atoms with van der Waals surface area (Å²) in [4.78, 5) is 13.2. The third kappa shape index (κ3) is 2.70. The second kappa shape index (κ2) is 5.52. The smallest absolute Gasteiger partial charge is 0.256 e. The number of halogens is 4. The Hall–Kier alpha value is -1.43. The molecule has 0 aliphatic heterocycles. The molecule has 1 aliphatic carbocycles. The van der Waals surface area contributed by atoms with Crippen molar-refractivity contribution in [2.45, 2.75) is 18.2 Å². The molecule has 0 heterocycles. The quantitative estimate of drug-likeness (QED) is 0.689. The molecule has 2 rings (SSSR count). The van der Waals surface area contributed by atoms with E-state index in [1.807, 2.05) is 0 Å². The molecule has 1 aromatic carbocycles. The molecule has 3 nitrogen and oxygen atoms in total. The van der Waals surface area contributed by atoms with Gasteiger partial charge in [0.25, 0.3) is 5.91 Å². The minimum Gasteiger partial charge on any atom is -0.503 e. The van der Waals surface area contributed by atoms with Crippen molar-refractivity contribution in [1.29, 1.82) is 0 Å². The minimum absolute atomic E-state index is 0.0903. The molecule has 0 saturated heterocycles. The van der Waals surface area contributed by atoms with E-state index in [0.29, 0.717) is 12.6 Å². The van der Waals surface area contributed by atoms with E-state index in [0.717, 1.165) is 12.8 Å². The van der Waals surface area contributed by atoms with E-state index in [2.05, 4.69) is 0 Å². The number of phenols is 1. The van der Waals surface area contributed by atoms with Gasteiger partial charge >= 0.3 is 0 Å². The average molecular weight is 308 g/mol. The monoisotopic (exact) mass is 307 g/mol. The number of aromatic hydroxyl groups is 1. The predicted molar refractivity (Wildman–Crippen MR) is 67.3 cm³/mol. The van der Waals surface area contributed by atoms with Crippen molar-refractivity contribution in [3.8, 4) is 5.75 Å². The highest BCUT2D eigenvalue weighted by Gasteiger charge is 2.31. The Balaban J connectivity index is 2.16. The second-order valence-corrected chi connectivity index (χ2v) is 5.62. The summed E-state index contributed by atoms with van der Waals surface area (Å²) in [5, 5.41) is 9.18. The van der Waals surface area contributed by atoms with Gasteiger partial charge in [-0.05, 0) is 24.8 Å². The highest BCUT2D eigenvalue weighted by atomic mass is 35.5. The lowest BCUT2D eigenvalue weighted by atomic mass is 9.84. The summed E-state index contributed by atoms with van der Waals surface area (Å²) in [5.74, 6) is -6.70. The third-order valence-corrected chi connectivity index (χ3v) is 3.78. The van der Waals surface area contributed by atoms with Crippen molar-refractivity contribution in [2.24, 2.45) is 5.92 Å². The molecule has 1 aromatic rings. The Morgan fingerprint density at radius 3 is 2.55 bits per heavy atom. The molecule has 0 radical (unpaired) electrons. The standard InChI is InChI=1S/C13H13ClF3NO2/c1-18(5-6-2-7(14)3-6)13(20)8-4-9(15)11(17)12(19)10(8)16/h4,6-7,19H,2-3,5H2,1H3. The van der Waals surface area contributed by atoms with Crippen LogP contribution in [0.15, 0.2) is 6.07 Å². The molecule has 1 saturated carbocycles. The number of alkyl halides is 1. The van der Waals surface area contributed by atoms with Gasteiger partial charge in [-0.3, -0.25) is 4.79 Å². The fourth-order valence-corrected chi connectivity index (χ4v) is 2.73. The summed E-state index contributed by atoms with van der Waals surface area (Å²) in [5.41, 5.74) is -0.689. The average Bonchev–Trinajstić information content (AvgIpc) is 2.37.